The third-order valence-corrected chi connectivity index (χ3v) is 1.18. The van der Waals surface area contributed by atoms with E-state index in [0.29, 0.717) is 0 Å². The van der Waals surface area contributed by atoms with Crippen LogP contribution in [0.4, 0.5) is 39.5 Å². The third-order valence-electron chi connectivity index (χ3n) is 1.18. The molecule has 2 nitrogen and oxygen atoms in total. The second-order valence-corrected chi connectivity index (χ2v) is 2.40. The van der Waals surface area contributed by atoms with E-state index in [1.807, 2.05) is 4.74 Å². The highest BCUT2D eigenvalue weighted by Gasteiger charge is 2.64. The van der Waals surface area contributed by atoms with Crippen LogP contribution in [0.1, 0.15) is 0 Å². The van der Waals surface area contributed by atoms with E-state index in [0.717, 1.165) is 0 Å². The summed E-state index contributed by atoms with van der Waals surface area (Å²) in [6.07, 6.45) is -15.9. The van der Waals surface area contributed by atoms with Gasteiger partial charge in [0.25, 0.3) is 5.83 Å². The van der Waals surface area contributed by atoms with Gasteiger partial charge in [-0.1, -0.05) is 0 Å². The maximum absolute atomic E-state index is 12.2. The van der Waals surface area contributed by atoms with Crippen LogP contribution in [0.25, 0.3) is 0 Å². The van der Waals surface area contributed by atoms with Gasteiger partial charge in [-0.05, 0) is 0 Å². The molecule has 0 aromatic carbocycles. The van der Waals surface area contributed by atoms with E-state index in [9.17, 15) is 39.5 Å². The van der Waals surface area contributed by atoms with E-state index < -0.39 is 36.1 Å². The van der Waals surface area contributed by atoms with Crippen LogP contribution >= 0.6 is 0 Å². The number of nitrogens with zero attached hydrogens (tertiary/aromatic N) is 1. The summed E-state index contributed by atoms with van der Waals surface area (Å²) in [5.41, 5.74) is 0. The third kappa shape index (κ3) is 3.26. The molecule has 98 valence electrons. The predicted octanol–water partition coefficient (Wildman–Crippen LogP) is 3.43. The Bertz CT molecular complexity index is 364. The van der Waals surface area contributed by atoms with Crippen molar-refractivity contribution in [2.45, 2.75) is 18.1 Å². The first-order valence-corrected chi connectivity index (χ1v) is 3.33. The van der Waals surface area contributed by atoms with Crippen molar-refractivity contribution in [3.8, 4) is 6.07 Å². The topological polar surface area (TPSA) is 33.0 Å². The predicted molar refractivity (Wildman–Crippen MR) is 31.9 cm³/mol. The molecule has 0 aliphatic rings. The molecule has 0 atom stereocenters. The number of ether oxygens (including phenoxy) is 1. The molecule has 0 N–H and O–H groups in total. The Morgan fingerprint density at radius 3 is 1.65 bits per heavy atom. The first-order chi connectivity index (χ1) is 7.37. The van der Waals surface area contributed by atoms with Crippen LogP contribution in [-0.4, -0.2) is 18.1 Å². The van der Waals surface area contributed by atoms with E-state index in [1.54, 1.807) is 0 Å². The lowest BCUT2D eigenvalue weighted by atomic mass is 10.3. The van der Waals surface area contributed by atoms with Gasteiger partial charge < -0.3 is 0 Å². The van der Waals surface area contributed by atoms with Crippen molar-refractivity contribution < 1.29 is 44.3 Å². The highest BCUT2D eigenvalue weighted by molar-refractivity contribution is 5.03. The van der Waals surface area contributed by atoms with Crippen molar-refractivity contribution >= 4 is 0 Å². The van der Waals surface area contributed by atoms with Crippen LogP contribution < -0.4 is 0 Å². The summed E-state index contributed by atoms with van der Waals surface area (Å²) < 4.78 is 109. The van der Waals surface area contributed by atoms with E-state index in [4.69, 9.17) is 5.26 Å². The molecule has 0 radical (unpaired) electrons. The molecule has 17 heavy (non-hydrogen) atoms. The molecule has 0 aromatic rings. The van der Waals surface area contributed by atoms with Gasteiger partial charge in [-0.3, -0.25) is 0 Å². The Balaban J connectivity index is 5.24. The van der Waals surface area contributed by atoms with Gasteiger partial charge in [-0.15, -0.1) is 0 Å². The van der Waals surface area contributed by atoms with Gasteiger partial charge in [0, 0.05) is 0 Å². The molecule has 0 spiro atoms. The standard InChI is InChI=1S/C6F9NO/c7-2(3(8)9)5(12,13)17-6(14,15)4(10,11)1-16. The van der Waals surface area contributed by atoms with E-state index in [2.05, 4.69) is 0 Å². The Hall–Kier alpha value is -1.44. The molecule has 0 bridgehead atoms. The van der Waals surface area contributed by atoms with Crippen molar-refractivity contribution in [1.29, 1.82) is 5.26 Å². The molecule has 0 aliphatic carbocycles. The van der Waals surface area contributed by atoms with E-state index in [1.165, 1.54) is 0 Å². The second kappa shape index (κ2) is 4.44. The molecule has 0 saturated heterocycles. The Morgan fingerprint density at radius 1 is 0.941 bits per heavy atom. The molecular formula is C6F9NO. The molecular weight excluding hydrogens is 273 g/mol. The molecule has 0 amide bonds. The van der Waals surface area contributed by atoms with Crippen LogP contribution in [0.3, 0.4) is 0 Å². The highest BCUT2D eigenvalue weighted by atomic mass is 19.3. The Labute approximate surface area is 86.9 Å². The number of hydrogen-bond acceptors (Lipinski definition) is 2. The van der Waals surface area contributed by atoms with Gasteiger partial charge in [0.05, 0.1) is 0 Å². The lowest BCUT2D eigenvalue weighted by Crippen LogP contribution is -2.46. The van der Waals surface area contributed by atoms with E-state index >= 15 is 0 Å². The number of halogens is 9. The smallest absolute Gasteiger partial charge is 0.243 e. The summed E-state index contributed by atoms with van der Waals surface area (Å²) in [4.78, 5) is 0. The van der Waals surface area contributed by atoms with Crippen LogP contribution in [0.5, 0.6) is 0 Å². The number of nitriles is 1. The highest BCUT2D eigenvalue weighted by Crippen LogP contribution is 2.42. The van der Waals surface area contributed by atoms with Crippen LogP contribution in [0.2, 0.25) is 0 Å². The maximum atomic E-state index is 12.2. The molecule has 0 saturated carbocycles. The summed E-state index contributed by atoms with van der Waals surface area (Å²) in [5, 5.41) is 7.52. The van der Waals surface area contributed by atoms with E-state index in [-0.39, 0.29) is 0 Å². The zero-order chi connectivity index (χ0) is 14.1. The molecule has 0 heterocycles. The number of rotatable bonds is 4. The molecule has 0 aliphatic heterocycles. The van der Waals surface area contributed by atoms with Crippen molar-refractivity contribution in [3.63, 3.8) is 0 Å². The molecule has 0 aromatic heterocycles. The lowest BCUT2D eigenvalue weighted by molar-refractivity contribution is -0.412. The van der Waals surface area contributed by atoms with Gasteiger partial charge >= 0.3 is 24.2 Å². The fourth-order valence-electron chi connectivity index (χ4n) is 0.445. The monoisotopic (exact) mass is 273 g/mol. The maximum Gasteiger partial charge on any atom is 0.438 e. The van der Waals surface area contributed by atoms with Crippen LogP contribution in [-0.2, 0) is 4.74 Å². The minimum Gasteiger partial charge on any atom is -0.243 e. The average Bonchev–Trinajstić information content (AvgIpc) is 2.14. The van der Waals surface area contributed by atoms with Gasteiger partial charge in [0.1, 0.15) is 6.07 Å². The van der Waals surface area contributed by atoms with Gasteiger partial charge in [0.2, 0.25) is 0 Å². The molecule has 0 fully saturated rings. The summed E-state index contributed by atoms with van der Waals surface area (Å²) >= 11 is 0. The quantitative estimate of drug-likeness (QED) is 0.735. The average molecular weight is 273 g/mol. The van der Waals surface area contributed by atoms with Crippen molar-refractivity contribution in [2.75, 3.05) is 0 Å². The fourth-order valence-corrected chi connectivity index (χ4v) is 0.445. The van der Waals surface area contributed by atoms with Crippen LogP contribution in [0, 0.1) is 11.3 Å². The number of alkyl halides is 6. The minimum atomic E-state index is -6.15. The Kier molecular flexibility index (Phi) is 4.06. The van der Waals surface area contributed by atoms with Crippen molar-refractivity contribution in [3.05, 3.63) is 11.9 Å². The summed E-state index contributed by atoms with van der Waals surface area (Å²) in [5.74, 6) is -9.50. The summed E-state index contributed by atoms with van der Waals surface area (Å²) in [7, 11) is 0. The molecule has 0 rings (SSSR count). The minimum absolute atomic E-state index is 0.395. The second-order valence-electron chi connectivity index (χ2n) is 2.40. The summed E-state index contributed by atoms with van der Waals surface area (Å²) in [6.45, 7) is 0. The van der Waals surface area contributed by atoms with Crippen LogP contribution in [0.15, 0.2) is 11.9 Å². The van der Waals surface area contributed by atoms with Gasteiger partial charge in [-0.2, -0.15) is 44.8 Å². The fraction of sp³-hybridized carbons (Fsp3) is 0.500. The van der Waals surface area contributed by atoms with Crippen molar-refractivity contribution in [2.24, 2.45) is 0 Å². The zero-order valence-corrected chi connectivity index (χ0v) is 7.26. The largest absolute Gasteiger partial charge is 0.438 e. The molecule has 0 unspecified atom stereocenters. The van der Waals surface area contributed by atoms with Crippen molar-refractivity contribution in [1.82, 2.24) is 0 Å². The van der Waals surface area contributed by atoms with Gasteiger partial charge in [-0.25, -0.2) is 4.74 Å². The zero-order valence-electron chi connectivity index (χ0n) is 7.26. The summed E-state index contributed by atoms with van der Waals surface area (Å²) in [6, 6.07) is -0.395. The first-order valence-electron chi connectivity index (χ1n) is 3.33. The lowest BCUT2D eigenvalue weighted by Gasteiger charge is -2.24. The normalized spacial score (nSPS) is 13.2. The first kappa shape index (κ1) is 15.6. The van der Waals surface area contributed by atoms with Gasteiger partial charge in [0.15, 0.2) is 0 Å². The SMILES string of the molecule is N#CC(F)(F)C(F)(F)OC(F)(F)C(F)=C(F)F. The number of hydrogen-bond donors (Lipinski definition) is 0. The molecule has 11 heteroatoms. The Morgan fingerprint density at radius 2 is 1.35 bits per heavy atom.